The lowest BCUT2D eigenvalue weighted by atomic mass is 10.0. The third-order valence-electron chi connectivity index (χ3n) is 3.86. The molecule has 0 aliphatic carbocycles. The smallest absolute Gasteiger partial charge is 0.242 e. The number of hydrogen-bond donors (Lipinski definition) is 3. The summed E-state index contributed by atoms with van der Waals surface area (Å²) in [6, 6.07) is 7.32. The van der Waals surface area contributed by atoms with Crippen molar-refractivity contribution >= 4 is 22.7 Å². The second-order valence-corrected chi connectivity index (χ2v) is 6.38. The van der Waals surface area contributed by atoms with Gasteiger partial charge >= 0.3 is 0 Å². The number of para-hydroxylation sites is 1. The van der Waals surface area contributed by atoms with Gasteiger partial charge in [0.1, 0.15) is 6.04 Å². The first-order valence-corrected chi connectivity index (χ1v) is 8.68. The summed E-state index contributed by atoms with van der Waals surface area (Å²) < 4.78 is 5.46. The number of aromatic nitrogens is 1. The Morgan fingerprint density at radius 1 is 1.24 bits per heavy atom. The minimum atomic E-state index is -0.595. The Morgan fingerprint density at radius 3 is 2.72 bits per heavy atom. The Labute approximate surface area is 148 Å². The summed E-state index contributed by atoms with van der Waals surface area (Å²) in [5.74, 6) is -0.395. The monoisotopic (exact) mass is 345 g/mol. The molecule has 1 aromatic heterocycles. The van der Waals surface area contributed by atoms with Crippen LogP contribution in [0, 0.1) is 0 Å². The zero-order valence-corrected chi connectivity index (χ0v) is 15.1. The fourth-order valence-electron chi connectivity index (χ4n) is 2.70. The SMILES string of the molecule is CC(=O)NC(Cc1c[nH]c2ccccc12)C(=O)NCCCOC(C)C. The van der Waals surface area contributed by atoms with Crippen molar-refractivity contribution in [2.75, 3.05) is 13.2 Å². The van der Waals surface area contributed by atoms with Gasteiger partial charge in [-0.05, 0) is 31.9 Å². The van der Waals surface area contributed by atoms with E-state index >= 15 is 0 Å². The van der Waals surface area contributed by atoms with Crippen molar-refractivity contribution < 1.29 is 14.3 Å². The number of amides is 2. The first-order chi connectivity index (χ1) is 12.0. The number of hydrogen-bond acceptors (Lipinski definition) is 3. The van der Waals surface area contributed by atoms with Crippen molar-refractivity contribution in [2.24, 2.45) is 0 Å². The Kier molecular flexibility index (Phi) is 7.01. The number of H-pyrrole nitrogens is 1. The third kappa shape index (κ3) is 5.90. The van der Waals surface area contributed by atoms with Crippen LogP contribution >= 0.6 is 0 Å². The van der Waals surface area contributed by atoms with E-state index in [1.54, 1.807) is 0 Å². The van der Waals surface area contributed by atoms with Gasteiger partial charge in [-0.15, -0.1) is 0 Å². The third-order valence-corrected chi connectivity index (χ3v) is 3.86. The lowest BCUT2D eigenvalue weighted by molar-refractivity contribution is -0.128. The van der Waals surface area contributed by atoms with Crippen LogP contribution in [0.2, 0.25) is 0 Å². The number of carbonyl (C=O) groups is 2. The molecule has 25 heavy (non-hydrogen) atoms. The molecule has 6 nitrogen and oxygen atoms in total. The summed E-state index contributed by atoms with van der Waals surface area (Å²) in [5.41, 5.74) is 2.03. The van der Waals surface area contributed by atoms with Crippen molar-refractivity contribution in [3.63, 3.8) is 0 Å². The van der Waals surface area contributed by atoms with Crippen LogP contribution in [0.5, 0.6) is 0 Å². The van der Waals surface area contributed by atoms with Gasteiger partial charge in [-0.25, -0.2) is 0 Å². The van der Waals surface area contributed by atoms with Crippen molar-refractivity contribution in [1.29, 1.82) is 0 Å². The molecular weight excluding hydrogens is 318 g/mol. The molecule has 0 radical (unpaired) electrons. The normalized spacial score (nSPS) is 12.3. The minimum Gasteiger partial charge on any atom is -0.379 e. The number of ether oxygens (including phenoxy) is 1. The minimum absolute atomic E-state index is 0.176. The first kappa shape index (κ1) is 19.0. The van der Waals surface area contributed by atoms with Gasteiger partial charge < -0.3 is 20.4 Å². The molecule has 2 amide bonds. The quantitative estimate of drug-likeness (QED) is 0.609. The molecule has 1 aromatic carbocycles. The summed E-state index contributed by atoms with van der Waals surface area (Å²) in [5, 5.41) is 6.69. The number of rotatable bonds is 9. The molecule has 3 N–H and O–H groups in total. The summed E-state index contributed by atoms with van der Waals surface area (Å²) in [6.07, 6.45) is 3.26. The van der Waals surface area contributed by atoms with E-state index < -0.39 is 6.04 Å². The Hall–Kier alpha value is -2.34. The Bertz CT molecular complexity index is 709. The van der Waals surface area contributed by atoms with Gasteiger partial charge in [-0.1, -0.05) is 18.2 Å². The first-order valence-electron chi connectivity index (χ1n) is 8.68. The molecule has 6 heteroatoms. The molecule has 2 aromatic rings. The number of aromatic amines is 1. The van der Waals surface area contributed by atoms with E-state index in [-0.39, 0.29) is 17.9 Å². The number of carbonyl (C=O) groups excluding carboxylic acids is 2. The highest BCUT2D eigenvalue weighted by atomic mass is 16.5. The standard InChI is InChI=1S/C19H27N3O3/c1-13(2)25-10-6-9-20-19(24)18(22-14(3)23)11-15-12-21-17-8-5-4-7-16(15)17/h4-5,7-8,12-13,18,21H,6,9-11H2,1-3H3,(H,20,24)(H,22,23). The van der Waals surface area contributed by atoms with Crippen LogP contribution in [-0.4, -0.2) is 42.1 Å². The van der Waals surface area contributed by atoms with Gasteiger partial charge in [0, 0.05) is 43.6 Å². The molecule has 0 bridgehead atoms. The highest BCUT2D eigenvalue weighted by molar-refractivity contribution is 5.89. The molecule has 0 aliphatic heterocycles. The van der Waals surface area contributed by atoms with E-state index in [2.05, 4.69) is 15.6 Å². The van der Waals surface area contributed by atoms with Gasteiger partial charge in [-0.3, -0.25) is 9.59 Å². The summed E-state index contributed by atoms with van der Waals surface area (Å²) in [7, 11) is 0. The zero-order valence-electron chi connectivity index (χ0n) is 15.1. The largest absolute Gasteiger partial charge is 0.379 e. The number of fused-ring (bicyclic) bond motifs is 1. The van der Waals surface area contributed by atoms with E-state index in [0.717, 1.165) is 22.9 Å². The second-order valence-electron chi connectivity index (χ2n) is 6.38. The highest BCUT2D eigenvalue weighted by Crippen LogP contribution is 2.19. The van der Waals surface area contributed by atoms with Gasteiger partial charge in [0.25, 0.3) is 0 Å². The Balaban J connectivity index is 1.95. The van der Waals surface area contributed by atoms with Crippen molar-refractivity contribution in [3.8, 4) is 0 Å². The molecule has 136 valence electrons. The molecule has 0 saturated carbocycles. The zero-order chi connectivity index (χ0) is 18.2. The van der Waals surface area contributed by atoms with Crippen LogP contribution in [0.4, 0.5) is 0 Å². The van der Waals surface area contributed by atoms with Crippen molar-refractivity contribution in [2.45, 2.75) is 45.8 Å². The molecule has 2 rings (SSSR count). The predicted molar refractivity (Wildman–Crippen MR) is 98.3 cm³/mol. The van der Waals surface area contributed by atoms with Crippen LogP contribution in [0.25, 0.3) is 10.9 Å². The molecule has 0 saturated heterocycles. The summed E-state index contributed by atoms with van der Waals surface area (Å²) in [6.45, 7) is 6.51. The molecule has 0 fully saturated rings. The average molecular weight is 345 g/mol. The van der Waals surface area contributed by atoms with E-state index in [1.165, 1.54) is 6.92 Å². The van der Waals surface area contributed by atoms with Crippen molar-refractivity contribution in [1.82, 2.24) is 15.6 Å². The molecule has 1 heterocycles. The fourth-order valence-corrected chi connectivity index (χ4v) is 2.70. The summed E-state index contributed by atoms with van der Waals surface area (Å²) >= 11 is 0. The van der Waals surface area contributed by atoms with Gasteiger partial charge in [0.2, 0.25) is 11.8 Å². The van der Waals surface area contributed by atoms with Gasteiger partial charge in [0.15, 0.2) is 0 Å². The van der Waals surface area contributed by atoms with Crippen LogP contribution in [0.3, 0.4) is 0 Å². The van der Waals surface area contributed by atoms with E-state index in [9.17, 15) is 9.59 Å². The van der Waals surface area contributed by atoms with E-state index in [4.69, 9.17) is 4.74 Å². The van der Waals surface area contributed by atoms with Crippen LogP contribution in [-0.2, 0) is 20.7 Å². The van der Waals surface area contributed by atoms with Crippen LogP contribution in [0.15, 0.2) is 30.5 Å². The number of nitrogens with one attached hydrogen (secondary N) is 3. The Morgan fingerprint density at radius 2 is 2.00 bits per heavy atom. The van der Waals surface area contributed by atoms with Gasteiger partial charge in [-0.2, -0.15) is 0 Å². The van der Waals surface area contributed by atoms with E-state index in [1.807, 2.05) is 44.3 Å². The molecule has 1 atom stereocenters. The molecule has 0 aliphatic rings. The fraction of sp³-hybridized carbons (Fsp3) is 0.474. The van der Waals surface area contributed by atoms with E-state index in [0.29, 0.717) is 19.6 Å². The lowest BCUT2D eigenvalue weighted by Gasteiger charge is -2.17. The highest BCUT2D eigenvalue weighted by Gasteiger charge is 2.21. The maximum Gasteiger partial charge on any atom is 0.242 e. The van der Waals surface area contributed by atoms with Crippen LogP contribution in [0.1, 0.15) is 32.8 Å². The maximum atomic E-state index is 12.5. The molecule has 0 spiro atoms. The molecular formula is C19H27N3O3. The topological polar surface area (TPSA) is 83.2 Å². The maximum absolute atomic E-state index is 12.5. The average Bonchev–Trinajstić information content (AvgIpc) is 2.96. The second kappa shape index (κ2) is 9.22. The number of benzene rings is 1. The molecule has 1 unspecified atom stereocenters. The van der Waals surface area contributed by atoms with Crippen molar-refractivity contribution in [3.05, 3.63) is 36.0 Å². The predicted octanol–water partition coefficient (Wildman–Crippen LogP) is 2.15. The van der Waals surface area contributed by atoms with Crippen LogP contribution < -0.4 is 10.6 Å². The van der Waals surface area contributed by atoms with Gasteiger partial charge in [0.05, 0.1) is 6.10 Å². The lowest BCUT2D eigenvalue weighted by Crippen LogP contribution is -2.47. The summed E-state index contributed by atoms with van der Waals surface area (Å²) in [4.78, 5) is 27.1.